The average Bonchev–Trinajstić information content (AvgIpc) is 2.54. The normalized spacial score (nSPS) is 10.5. The molecule has 0 aliphatic heterocycles. The Morgan fingerprint density at radius 3 is 2.79 bits per heavy atom. The molecule has 0 aliphatic rings. The van der Waals surface area contributed by atoms with Crippen LogP contribution in [0, 0.1) is 17.0 Å². The lowest BCUT2D eigenvalue weighted by Crippen LogP contribution is -2.25. The van der Waals surface area contributed by atoms with E-state index in [0.29, 0.717) is 0 Å². The Morgan fingerprint density at radius 1 is 1.33 bits per heavy atom. The van der Waals surface area contributed by atoms with Crippen LogP contribution in [-0.4, -0.2) is 28.7 Å². The van der Waals surface area contributed by atoms with Crippen LogP contribution in [0.2, 0.25) is 0 Å². The maximum atomic E-state index is 11.7. The van der Waals surface area contributed by atoms with Crippen LogP contribution in [0.3, 0.4) is 0 Å². The van der Waals surface area contributed by atoms with Gasteiger partial charge in [0.15, 0.2) is 0 Å². The minimum atomic E-state index is -0.697. The van der Waals surface area contributed by atoms with Crippen molar-refractivity contribution < 1.29 is 14.8 Å². The number of nitrogens with one attached hydrogen (secondary N) is 2. The topological polar surface area (TPSA) is 117 Å². The number of phenols is 1. The van der Waals surface area contributed by atoms with E-state index in [4.69, 9.17) is 0 Å². The number of benzene rings is 2. The maximum absolute atomic E-state index is 11.7. The number of amides is 1. The third-order valence-electron chi connectivity index (χ3n) is 3.11. The molecular weight excluding hydrogens is 312 g/mol. The lowest BCUT2D eigenvalue weighted by Gasteiger charge is -2.05. The Balaban J connectivity index is 1.91. The van der Waals surface area contributed by atoms with Gasteiger partial charge in [0.05, 0.1) is 17.7 Å². The van der Waals surface area contributed by atoms with Gasteiger partial charge >= 0.3 is 5.69 Å². The van der Waals surface area contributed by atoms with Crippen molar-refractivity contribution in [1.29, 1.82) is 0 Å². The summed E-state index contributed by atoms with van der Waals surface area (Å²) in [6.07, 6.45) is 1.15. The fourth-order valence-corrected chi connectivity index (χ4v) is 1.95. The summed E-state index contributed by atoms with van der Waals surface area (Å²) >= 11 is 0. The zero-order valence-electron chi connectivity index (χ0n) is 12.9. The van der Waals surface area contributed by atoms with Crippen molar-refractivity contribution >= 4 is 23.5 Å². The van der Waals surface area contributed by atoms with Crippen LogP contribution in [0.5, 0.6) is 5.75 Å². The molecule has 0 atom stereocenters. The number of hydrogen-bond donors (Lipinski definition) is 3. The number of carbonyl (C=O) groups is 1. The first-order valence-corrected chi connectivity index (χ1v) is 7.06. The molecule has 2 aromatic carbocycles. The number of hydrazone groups is 1. The number of nitro groups is 1. The quantitative estimate of drug-likeness (QED) is 0.427. The number of rotatable bonds is 6. The first-order valence-electron chi connectivity index (χ1n) is 7.06. The standard InChI is InChI=1S/C16H16N4O4/c1-11-4-2-6-13(8-11)17-10-15(21)19-18-9-12-5-3-7-14(16(12)22)20(23)24/h2-9,17,22H,10H2,1H3,(H,19,21). The van der Waals surface area contributed by atoms with E-state index in [9.17, 15) is 20.0 Å². The lowest BCUT2D eigenvalue weighted by molar-refractivity contribution is -0.385. The van der Waals surface area contributed by atoms with Crippen molar-refractivity contribution in [2.45, 2.75) is 6.92 Å². The largest absolute Gasteiger partial charge is 0.502 e. The lowest BCUT2D eigenvalue weighted by atomic mass is 10.2. The van der Waals surface area contributed by atoms with E-state index in [-0.39, 0.29) is 12.1 Å². The zero-order valence-corrected chi connectivity index (χ0v) is 12.9. The molecular formula is C16H16N4O4. The fourth-order valence-electron chi connectivity index (χ4n) is 1.95. The van der Waals surface area contributed by atoms with Crippen LogP contribution in [-0.2, 0) is 4.79 Å². The van der Waals surface area contributed by atoms with Gasteiger partial charge in [-0.2, -0.15) is 5.10 Å². The molecule has 0 aromatic heterocycles. The number of hydrogen-bond acceptors (Lipinski definition) is 6. The first kappa shape index (κ1) is 16.9. The number of phenolic OH excluding ortho intramolecular Hbond substituents is 1. The van der Waals surface area contributed by atoms with Gasteiger partial charge in [0, 0.05) is 17.3 Å². The van der Waals surface area contributed by atoms with Crippen molar-refractivity contribution in [2.75, 3.05) is 11.9 Å². The van der Waals surface area contributed by atoms with Crippen molar-refractivity contribution in [3.8, 4) is 5.75 Å². The van der Waals surface area contributed by atoms with E-state index in [1.54, 1.807) is 0 Å². The molecule has 0 spiro atoms. The Morgan fingerprint density at radius 2 is 2.08 bits per heavy atom. The van der Waals surface area contributed by atoms with Crippen molar-refractivity contribution in [3.63, 3.8) is 0 Å². The predicted molar refractivity (Wildman–Crippen MR) is 90.2 cm³/mol. The summed E-state index contributed by atoms with van der Waals surface area (Å²) in [5.41, 5.74) is 3.87. The van der Waals surface area contributed by atoms with E-state index in [2.05, 4.69) is 15.8 Å². The molecule has 0 bridgehead atoms. The van der Waals surface area contributed by atoms with Crippen molar-refractivity contribution in [3.05, 3.63) is 63.7 Å². The molecule has 0 unspecified atom stereocenters. The smallest absolute Gasteiger partial charge is 0.311 e. The Kier molecular flexibility index (Phi) is 5.45. The second-order valence-corrected chi connectivity index (χ2v) is 4.99. The molecule has 1 amide bonds. The number of nitro benzene ring substituents is 1. The van der Waals surface area contributed by atoms with Gasteiger partial charge in [-0.25, -0.2) is 5.43 Å². The molecule has 2 aromatic rings. The Hall–Kier alpha value is -3.42. The van der Waals surface area contributed by atoms with Gasteiger partial charge in [-0.3, -0.25) is 14.9 Å². The van der Waals surface area contributed by atoms with Gasteiger partial charge in [-0.05, 0) is 30.7 Å². The van der Waals surface area contributed by atoms with E-state index in [1.165, 1.54) is 18.2 Å². The fraction of sp³-hybridized carbons (Fsp3) is 0.125. The van der Waals surface area contributed by atoms with Gasteiger partial charge in [0.1, 0.15) is 0 Å². The van der Waals surface area contributed by atoms with Gasteiger partial charge in [-0.1, -0.05) is 18.2 Å². The van der Waals surface area contributed by atoms with Gasteiger partial charge < -0.3 is 10.4 Å². The summed E-state index contributed by atoms with van der Waals surface area (Å²) in [5, 5.41) is 27.1. The molecule has 0 aliphatic carbocycles. The highest BCUT2D eigenvalue weighted by Crippen LogP contribution is 2.27. The number of carbonyl (C=O) groups excluding carboxylic acids is 1. The minimum Gasteiger partial charge on any atom is -0.502 e. The molecule has 0 fully saturated rings. The molecule has 0 saturated heterocycles. The van der Waals surface area contributed by atoms with E-state index in [1.807, 2.05) is 31.2 Å². The first-order chi connectivity index (χ1) is 11.5. The van der Waals surface area contributed by atoms with Crippen LogP contribution < -0.4 is 10.7 Å². The zero-order chi connectivity index (χ0) is 17.5. The van der Waals surface area contributed by atoms with Crippen molar-refractivity contribution in [2.24, 2.45) is 5.10 Å². The number of para-hydroxylation sites is 1. The van der Waals surface area contributed by atoms with Crippen LogP contribution >= 0.6 is 0 Å². The molecule has 0 radical (unpaired) electrons. The highest BCUT2D eigenvalue weighted by molar-refractivity contribution is 5.87. The predicted octanol–water partition coefficient (Wildman–Crippen LogP) is 2.17. The number of aromatic hydroxyl groups is 1. The van der Waals surface area contributed by atoms with E-state index in [0.717, 1.165) is 17.5 Å². The molecule has 0 heterocycles. The molecule has 8 nitrogen and oxygen atoms in total. The van der Waals surface area contributed by atoms with Gasteiger partial charge in [-0.15, -0.1) is 0 Å². The van der Waals surface area contributed by atoms with Crippen LogP contribution in [0.1, 0.15) is 11.1 Å². The third kappa shape index (κ3) is 4.54. The third-order valence-corrected chi connectivity index (χ3v) is 3.11. The second kappa shape index (κ2) is 7.73. The molecule has 0 saturated carbocycles. The number of aryl methyl sites for hydroxylation is 1. The molecule has 3 N–H and O–H groups in total. The SMILES string of the molecule is Cc1cccc(NCC(=O)NN=Cc2cccc([N+](=O)[O-])c2O)c1. The van der Waals surface area contributed by atoms with Crippen LogP contribution in [0.4, 0.5) is 11.4 Å². The van der Waals surface area contributed by atoms with E-state index < -0.39 is 22.3 Å². The molecule has 124 valence electrons. The molecule has 8 heteroatoms. The monoisotopic (exact) mass is 328 g/mol. The van der Waals surface area contributed by atoms with Crippen LogP contribution in [0.15, 0.2) is 47.6 Å². The summed E-state index contributed by atoms with van der Waals surface area (Å²) in [6, 6.07) is 11.6. The summed E-state index contributed by atoms with van der Waals surface area (Å²) in [4.78, 5) is 21.7. The minimum absolute atomic E-state index is 0.0156. The maximum Gasteiger partial charge on any atom is 0.311 e. The summed E-state index contributed by atoms with van der Waals surface area (Å²) < 4.78 is 0. The van der Waals surface area contributed by atoms with Gasteiger partial charge in [0.2, 0.25) is 5.75 Å². The van der Waals surface area contributed by atoms with Crippen molar-refractivity contribution in [1.82, 2.24) is 5.43 Å². The Bertz CT molecular complexity index is 789. The highest BCUT2D eigenvalue weighted by atomic mass is 16.6. The second-order valence-electron chi connectivity index (χ2n) is 4.99. The highest BCUT2D eigenvalue weighted by Gasteiger charge is 2.15. The summed E-state index contributed by atoms with van der Waals surface area (Å²) in [6.45, 7) is 1.96. The van der Waals surface area contributed by atoms with E-state index >= 15 is 0 Å². The van der Waals surface area contributed by atoms with Gasteiger partial charge in [0.25, 0.3) is 5.91 Å². The number of nitrogens with zero attached hydrogens (tertiary/aromatic N) is 2. The molecule has 2 rings (SSSR count). The summed E-state index contributed by atoms with van der Waals surface area (Å²) in [5.74, 6) is -0.893. The summed E-state index contributed by atoms with van der Waals surface area (Å²) in [7, 11) is 0. The molecule has 24 heavy (non-hydrogen) atoms. The van der Waals surface area contributed by atoms with Crippen LogP contribution in [0.25, 0.3) is 0 Å². The Labute approximate surface area is 138 Å². The average molecular weight is 328 g/mol. The number of anilines is 1.